The third-order valence-electron chi connectivity index (χ3n) is 6.66. The van der Waals surface area contributed by atoms with Gasteiger partial charge in [0.15, 0.2) is 6.29 Å². The second-order valence-electron chi connectivity index (χ2n) is 11.0. The average molecular weight is 553 g/mol. The Morgan fingerprint density at radius 3 is 2.70 bits per heavy atom. The van der Waals surface area contributed by atoms with Crippen LogP contribution in [-0.4, -0.2) is 66.6 Å². The molecule has 1 unspecified atom stereocenters. The third-order valence-corrected chi connectivity index (χ3v) is 6.66. The van der Waals surface area contributed by atoms with Crippen molar-refractivity contribution < 1.29 is 28.6 Å². The van der Waals surface area contributed by atoms with E-state index in [0.717, 1.165) is 50.1 Å². The number of ether oxygens (including phenoxy) is 3. The Kier molecular flexibility index (Phi) is 10.1. The fraction of sp³-hybridized carbons (Fsp3) is 0.500. The first-order valence-corrected chi connectivity index (χ1v) is 13.8. The molecule has 2 amide bonds. The SMILES string of the molecule is COc1ccccc1CN1CC[C@@H](N(C(=O)OC(C)(C)C)c2ccc(C=CC(=O)NOC3CCCCO3)cn2)C1. The molecule has 10 heteroatoms. The molecule has 1 N–H and O–H groups in total. The van der Waals surface area contributed by atoms with Crippen LogP contribution in [0.5, 0.6) is 5.75 Å². The summed E-state index contributed by atoms with van der Waals surface area (Å²) >= 11 is 0. The number of pyridine rings is 1. The summed E-state index contributed by atoms with van der Waals surface area (Å²) in [6.07, 6.45) is 7.34. The molecule has 2 aliphatic heterocycles. The van der Waals surface area contributed by atoms with Gasteiger partial charge < -0.3 is 14.2 Å². The van der Waals surface area contributed by atoms with Gasteiger partial charge in [0, 0.05) is 50.5 Å². The topological polar surface area (TPSA) is 102 Å². The molecule has 2 aliphatic rings. The highest BCUT2D eigenvalue weighted by atomic mass is 16.8. The molecule has 1 aromatic carbocycles. The Labute approximate surface area is 236 Å². The van der Waals surface area contributed by atoms with Gasteiger partial charge in [-0.3, -0.25) is 14.6 Å². The molecule has 2 atom stereocenters. The van der Waals surface area contributed by atoms with Crippen LogP contribution in [0.15, 0.2) is 48.7 Å². The maximum absolute atomic E-state index is 13.3. The van der Waals surface area contributed by atoms with Crippen molar-refractivity contribution in [1.82, 2.24) is 15.4 Å². The monoisotopic (exact) mass is 552 g/mol. The molecular weight excluding hydrogens is 512 g/mol. The smallest absolute Gasteiger partial charge is 0.416 e. The highest BCUT2D eigenvalue weighted by molar-refractivity contribution is 5.91. The van der Waals surface area contributed by atoms with Gasteiger partial charge in [-0.05, 0) is 69.9 Å². The molecular formula is C30H40N4O6. The first-order chi connectivity index (χ1) is 19.2. The summed E-state index contributed by atoms with van der Waals surface area (Å²) in [4.78, 5) is 39.3. The van der Waals surface area contributed by atoms with E-state index in [0.29, 0.717) is 24.5 Å². The van der Waals surface area contributed by atoms with Crippen LogP contribution in [0, 0.1) is 0 Å². The quantitative estimate of drug-likeness (QED) is 0.353. The number of likely N-dealkylation sites (tertiary alicyclic amines) is 1. The number of hydroxylamine groups is 1. The highest BCUT2D eigenvalue weighted by Crippen LogP contribution is 2.27. The number of benzene rings is 1. The number of amides is 2. The van der Waals surface area contributed by atoms with Gasteiger partial charge in [0.05, 0.1) is 13.2 Å². The molecule has 216 valence electrons. The van der Waals surface area contributed by atoms with E-state index < -0.39 is 23.9 Å². The Hall–Kier alpha value is -3.47. The first-order valence-electron chi connectivity index (χ1n) is 13.8. The van der Waals surface area contributed by atoms with Gasteiger partial charge in [-0.2, -0.15) is 0 Å². The van der Waals surface area contributed by atoms with Crippen molar-refractivity contribution in [2.75, 3.05) is 31.7 Å². The van der Waals surface area contributed by atoms with Gasteiger partial charge in [0.25, 0.3) is 5.91 Å². The minimum atomic E-state index is -0.647. The van der Waals surface area contributed by atoms with Crippen molar-refractivity contribution in [1.29, 1.82) is 0 Å². The number of para-hydroxylation sites is 1. The van der Waals surface area contributed by atoms with E-state index in [4.69, 9.17) is 19.0 Å². The molecule has 40 heavy (non-hydrogen) atoms. The Balaban J connectivity index is 1.41. The minimum Gasteiger partial charge on any atom is -0.496 e. The second-order valence-corrected chi connectivity index (χ2v) is 11.0. The molecule has 10 nitrogen and oxygen atoms in total. The molecule has 2 aromatic rings. The summed E-state index contributed by atoms with van der Waals surface area (Å²) in [5.41, 5.74) is 3.57. The van der Waals surface area contributed by atoms with Crippen LogP contribution in [0.2, 0.25) is 0 Å². The van der Waals surface area contributed by atoms with Crippen LogP contribution in [0.4, 0.5) is 10.6 Å². The average Bonchev–Trinajstić information content (AvgIpc) is 3.39. The normalized spacial score (nSPS) is 19.9. The zero-order valence-electron chi connectivity index (χ0n) is 23.8. The number of carbonyl (C=O) groups is 2. The predicted molar refractivity (Wildman–Crippen MR) is 151 cm³/mol. The lowest BCUT2D eigenvalue weighted by Crippen LogP contribution is -2.45. The van der Waals surface area contributed by atoms with Crippen molar-refractivity contribution in [2.45, 2.75) is 70.9 Å². The van der Waals surface area contributed by atoms with Gasteiger partial charge in [-0.15, -0.1) is 0 Å². The Bertz CT molecular complexity index is 1160. The van der Waals surface area contributed by atoms with E-state index in [2.05, 4.69) is 21.4 Å². The van der Waals surface area contributed by atoms with E-state index in [1.807, 2.05) is 45.0 Å². The highest BCUT2D eigenvalue weighted by Gasteiger charge is 2.35. The molecule has 2 saturated heterocycles. The van der Waals surface area contributed by atoms with E-state index >= 15 is 0 Å². The number of anilines is 1. The van der Waals surface area contributed by atoms with Crippen molar-refractivity contribution in [2.24, 2.45) is 0 Å². The van der Waals surface area contributed by atoms with Gasteiger partial charge in [-0.25, -0.2) is 20.1 Å². The molecule has 4 rings (SSSR count). The van der Waals surface area contributed by atoms with Crippen molar-refractivity contribution in [3.8, 4) is 5.75 Å². The fourth-order valence-electron chi connectivity index (χ4n) is 4.75. The van der Waals surface area contributed by atoms with Crippen LogP contribution in [0.25, 0.3) is 6.08 Å². The zero-order chi connectivity index (χ0) is 28.5. The van der Waals surface area contributed by atoms with Crippen molar-refractivity contribution in [3.63, 3.8) is 0 Å². The third kappa shape index (κ3) is 8.51. The molecule has 0 radical (unpaired) electrons. The largest absolute Gasteiger partial charge is 0.496 e. The first kappa shape index (κ1) is 29.5. The predicted octanol–water partition coefficient (Wildman–Crippen LogP) is 4.69. The molecule has 0 bridgehead atoms. The summed E-state index contributed by atoms with van der Waals surface area (Å²) in [5.74, 6) is 0.954. The fourth-order valence-corrected chi connectivity index (χ4v) is 4.75. The van der Waals surface area contributed by atoms with Crippen LogP contribution >= 0.6 is 0 Å². The molecule has 2 fully saturated rings. The van der Waals surface area contributed by atoms with E-state index in [1.54, 1.807) is 30.3 Å². The van der Waals surface area contributed by atoms with Crippen LogP contribution in [-0.2, 0) is 25.7 Å². The zero-order valence-corrected chi connectivity index (χ0v) is 23.8. The van der Waals surface area contributed by atoms with E-state index in [1.165, 1.54) is 6.08 Å². The van der Waals surface area contributed by atoms with Crippen molar-refractivity contribution >= 4 is 23.9 Å². The summed E-state index contributed by atoms with van der Waals surface area (Å²) in [7, 11) is 1.67. The lowest BCUT2D eigenvalue weighted by atomic mass is 10.2. The number of nitrogens with one attached hydrogen (secondary N) is 1. The Morgan fingerprint density at radius 2 is 2.00 bits per heavy atom. The Morgan fingerprint density at radius 1 is 1.18 bits per heavy atom. The minimum absolute atomic E-state index is 0.108. The van der Waals surface area contributed by atoms with E-state index in [-0.39, 0.29) is 6.04 Å². The molecule has 1 aromatic heterocycles. The molecule has 0 aliphatic carbocycles. The number of hydrogen-bond donors (Lipinski definition) is 1. The van der Waals surface area contributed by atoms with Crippen molar-refractivity contribution in [3.05, 3.63) is 59.8 Å². The van der Waals surface area contributed by atoms with Crippen LogP contribution in [0.1, 0.15) is 57.6 Å². The number of methoxy groups -OCH3 is 1. The molecule has 0 spiro atoms. The van der Waals surface area contributed by atoms with Gasteiger partial charge in [0.2, 0.25) is 0 Å². The number of nitrogens with zero attached hydrogens (tertiary/aromatic N) is 3. The van der Waals surface area contributed by atoms with E-state index in [9.17, 15) is 9.59 Å². The standard InChI is InChI=1S/C30H40N4O6/c1-30(2,3)39-29(36)34(24-16-17-33(21-24)20-23-9-5-6-10-25(23)37-4)26-14-12-22(19-31-26)13-15-27(35)32-40-28-11-7-8-18-38-28/h5-6,9-10,12-15,19,24,28H,7-8,11,16-18,20-21H2,1-4H3,(H,32,35)/t24-,28?/m1/s1. The lowest BCUT2D eigenvalue weighted by molar-refractivity contribution is -0.198. The second kappa shape index (κ2) is 13.7. The van der Waals surface area contributed by atoms with Gasteiger partial charge in [0.1, 0.15) is 17.2 Å². The maximum atomic E-state index is 13.3. The van der Waals surface area contributed by atoms with Gasteiger partial charge in [-0.1, -0.05) is 18.2 Å². The summed E-state index contributed by atoms with van der Waals surface area (Å²) < 4.78 is 16.7. The molecule has 0 saturated carbocycles. The summed E-state index contributed by atoms with van der Waals surface area (Å²) in [6.45, 7) is 8.40. The summed E-state index contributed by atoms with van der Waals surface area (Å²) in [6, 6.07) is 11.5. The maximum Gasteiger partial charge on any atom is 0.416 e. The summed E-state index contributed by atoms with van der Waals surface area (Å²) in [5, 5.41) is 0. The number of aromatic nitrogens is 1. The number of carbonyl (C=O) groups excluding carboxylic acids is 2. The number of hydrogen-bond acceptors (Lipinski definition) is 8. The lowest BCUT2D eigenvalue weighted by Gasteiger charge is -2.31. The van der Waals surface area contributed by atoms with Crippen LogP contribution in [0.3, 0.4) is 0 Å². The van der Waals surface area contributed by atoms with Crippen LogP contribution < -0.4 is 15.1 Å². The number of rotatable bonds is 9. The molecule has 3 heterocycles. The van der Waals surface area contributed by atoms with Gasteiger partial charge >= 0.3 is 6.09 Å².